The topological polar surface area (TPSA) is 50.0 Å². The molecule has 0 saturated heterocycles. The maximum absolute atomic E-state index is 4.76. The molecule has 0 aliphatic carbocycles. The summed E-state index contributed by atoms with van der Waals surface area (Å²) in [6, 6.07) is 14.3. The van der Waals surface area contributed by atoms with E-state index >= 15 is 0 Å². The third-order valence-corrected chi connectivity index (χ3v) is 4.72. The number of halogens is 2. The Labute approximate surface area is 197 Å². The van der Waals surface area contributed by atoms with E-state index in [-0.39, 0.29) is 13.1 Å². The summed E-state index contributed by atoms with van der Waals surface area (Å²) in [4.78, 5) is 18.4. The van der Waals surface area contributed by atoms with E-state index in [0.29, 0.717) is 0 Å². The average Bonchev–Trinajstić information content (AvgIpc) is 3.20. The fraction of sp³-hybridized carbons (Fsp3) is 0.167. The Kier molecular flexibility index (Phi) is 8.56. The Morgan fingerprint density at radius 3 is 2.42 bits per heavy atom. The van der Waals surface area contributed by atoms with Crippen LogP contribution in [0.3, 0.4) is 0 Å². The van der Waals surface area contributed by atoms with E-state index in [1.54, 1.807) is 6.20 Å². The van der Waals surface area contributed by atoms with Gasteiger partial charge in [-0.25, -0.2) is 0 Å². The van der Waals surface area contributed by atoms with Gasteiger partial charge in [-0.2, -0.15) is 0 Å². The van der Waals surface area contributed by atoms with Crippen molar-refractivity contribution in [2.24, 2.45) is 15.0 Å². The van der Waals surface area contributed by atoms with E-state index in [1.165, 1.54) is 16.7 Å². The molecule has 160 valence electrons. The molecule has 31 heavy (non-hydrogen) atoms. The van der Waals surface area contributed by atoms with E-state index in [4.69, 9.17) is 20.2 Å². The molecule has 1 aliphatic heterocycles. The SMILES string of the molecule is Cc1cc(C)c(N=CC2=CCC(C=Nc3cccc4cccnc34)=N2)c(C)c1.[Cl][Fe][Cl]. The molecule has 4 rings (SSSR count). The van der Waals surface area contributed by atoms with Crippen LogP contribution in [0.15, 0.2) is 75.4 Å². The quantitative estimate of drug-likeness (QED) is 0.277. The molecule has 7 heteroatoms. The van der Waals surface area contributed by atoms with Gasteiger partial charge in [-0.15, -0.1) is 0 Å². The Balaban J connectivity index is 0.000000858. The van der Waals surface area contributed by atoms with E-state index in [1.807, 2.05) is 42.8 Å². The zero-order valence-electron chi connectivity index (χ0n) is 17.5. The summed E-state index contributed by atoms with van der Waals surface area (Å²) < 4.78 is 0. The first-order chi connectivity index (χ1) is 15.0. The summed E-state index contributed by atoms with van der Waals surface area (Å²) in [7, 11) is 9.53. The van der Waals surface area contributed by atoms with Crippen molar-refractivity contribution in [3.8, 4) is 0 Å². The molecule has 0 amide bonds. The van der Waals surface area contributed by atoms with Crippen molar-refractivity contribution < 1.29 is 13.1 Å². The number of aromatic nitrogens is 1. The van der Waals surface area contributed by atoms with Crippen LogP contribution in [0.2, 0.25) is 0 Å². The van der Waals surface area contributed by atoms with E-state index in [0.717, 1.165) is 40.1 Å². The summed E-state index contributed by atoms with van der Waals surface area (Å²) in [6.45, 7) is 6.29. The fourth-order valence-electron chi connectivity index (χ4n) is 3.47. The predicted molar refractivity (Wildman–Crippen MR) is 131 cm³/mol. The van der Waals surface area contributed by atoms with Gasteiger partial charge in [0, 0.05) is 24.2 Å². The summed E-state index contributed by atoms with van der Waals surface area (Å²) >= 11 is 0.194. The third-order valence-electron chi connectivity index (χ3n) is 4.72. The van der Waals surface area contributed by atoms with E-state index in [9.17, 15) is 0 Å². The summed E-state index contributed by atoms with van der Waals surface area (Å²) in [6.07, 6.45) is 8.29. The Bertz CT molecular complexity index is 1170. The molecule has 0 atom stereocenters. The van der Waals surface area contributed by atoms with Crippen LogP contribution in [0.1, 0.15) is 23.1 Å². The zero-order valence-corrected chi connectivity index (χ0v) is 20.1. The normalized spacial score (nSPS) is 13.6. The molecule has 0 radical (unpaired) electrons. The molecule has 1 aromatic heterocycles. The van der Waals surface area contributed by atoms with Crippen molar-refractivity contribution in [1.82, 2.24) is 4.98 Å². The van der Waals surface area contributed by atoms with Crippen LogP contribution in [0.4, 0.5) is 11.4 Å². The minimum atomic E-state index is 0.194. The average molecular weight is 493 g/mol. The van der Waals surface area contributed by atoms with Gasteiger partial charge in [0.1, 0.15) is 0 Å². The standard InChI is InChI=1S/C24H22N4.2ClH.Fe/c1-16-12-17(2)23(18(3)13-16)27-15-21-10-9-20(28-21)14-26-22-8-4-6-19-7-5-11-25-24(19)22;;;/h4-8,10-15H,9H2,1-3H3;2*1H;/q;;;+2/p-2. The number of hydrogen-bond acceptors (Lipinski definition) is 4. The van der Waals surface area contributed by atoms with Gasteiger partial charge in [0.05, 0.1) is 34.5 Å². The zero-order chi connectivity index (χ0) is 22.2. The fourth-order valence-corrected chi connectivity index (χ4v) is 3.47. The third kappa shape index (κ3) is 6.34. The second-order valence-corrected chi connectivity index (χ2v) is 8.93. The second-order valence-electron chi connectivity index (χ2n) is 7.10. The number of allylic oxidation sites excluding steroid dienone is 2. The van der Waals surface area contributed by atoms with Gasteiger partial charge >= 0.3 is 33.3 Å². The summed E-state index contributed by atoms with van der Waals surface area (Å²) in [5.41, 5.74) is 8.19. The first-order valence-corrected chi connectivity index (χ1v) is 12.7. The number of rotatable bonds is 4. The molecule has 0 unspecified atom stereocenters. The monoisotopic (exact) mass is 492 g/mol. The van der Waals surface area contributed by atoms with E-state index in [2.05, 4.69) is 58.9 Å². The molecule has 3 aromatic rings. The Hall–Kier alpha value is -2.30. The van der Waals surface area contributed by atoms with Crippen molar-refractivity contribution in [3.05, 3.63) is 77.1 Å². The summed E-state index contributed by atoms with van der Waals surface area (Å²) in [5.74, 6) is 0. The molecule has 0 saturated carbocycles. The second kappa shape index (κ2) is 11.4. The van der Waals surface area contributed by atoms with Crippen molar-refractivity contribution in [1.29, 1.82) is 0 Å². The molecule has 0 N–H and O–H groups in total. The van der Waals surface area contributed by atoms with Crippen molar-refractivity contribution >= 4 is 60.6 Å². The van der Waals surface area contributed by atoms with Gasteiger partial charge in [0.2, 0.25) is 0 Å². The maximum atomic E-state index is 4.76. The summed E-state index contributed by atoms with van der Waals surface area (Å²) in [5, 5.41) is 1.08. The predicted octanol–water partition coefficient (Wildman–Crippen LogP) is 7.37. The van der Waals surface area contributed by atoms with Gasteiger partial charge in [0.25, 0.3) is 0 Å². The van der Waals surface area contributed by atoms with Gasteiger partial charge in [-0.05, 0) is 44.0 Å². The van der Waals surface area contributed by atoms with Crippen LogP contribution in [0, 0.1) is 20.8 Å². The van der Waals surface area contributed by atoms with Gasteiger partial charge < -0.3 is 0 Å². The molecule has 0 spiro atoms. The minimum absolute atomic E-state index is 0.194. The molecule has 0 bridgehead atoms. The molecular formula is C24H22Cl2FeN4. The number of aliphatic imine (C=N–C) groups is 3. The van der Waals surface area contributed by atoms with Crippen molar-refractivity contribution in [2.75, 3.05) is 0 Å². The molecule has 4 nitrogen and oxygen atoms in total. The number of fused-ring (bicyclic) bond motifs is 1. The first-order valence-electron chi connectivity index (χ1n) is 9.64. The molecule has 1 aliphatic rings. The number of benzene rings is 2. The van der Waals surface area contributed by atoms with Crippen molar-refractivity contribution in [3.63, 3.8) is 0 Å². The van der Waals surface area contributed by atoms with Crippen LogP contribution in [0.5, 0.6) is 0 Å². The first kappa shape index (κ1) is 23.4. The van der Waals surface area contributed by atoms with Gasteiger partial charge in [0.15, 0.2) is 0 Å². The van der Waals surface area contributed by atoms with Crippen LogP contribution in [-0.4, -0.2) is 23.1 Å². The van der Waals surface area contributed by atoms with Crippen LogP contribution >= 0.6 is 20.2 Å². The Morgan fingerprint density at radius 2 is 1.68 bits per heavy atom. The number of nitrogens with zero attached hydrogens (tertiary/aromatic N) is 4. The molecular weight excluding hydrogens is 471 g/mol. The molecule has 2 heterocycles. The Morgan fingerprint density at radius 1 is 0.968 bits per heavy atom. The van der Waals surface area contributed by atoms with Gasteiger partial charge in [-0.3, -0.25) is 20.0 Å². The van der Waals surface area contributed by atoms with Crippen LogP contribution in [-0.2, 0) is 13.1 Å². The van der Waals surface area contributed by atoms with E-state index < -0.39 is 0 Å². The van der Waals surface area contributed by atoms with Crippen molar-refractivity contribution in [2.45, 2.75) is 27.2 Å². The molecule has 0 fully saturated rings. The van der Waals surface area contributed by atoms with Crippen LogP contribution < -0.4 is 0 Å². The van der Waals surface area contributed by atoms with Gasteiger partial charge in [-0.1, -0.05) is 42.0 Å². The number of pyridine rings is 1. The number of hydrogen-bond donors (Lipinski definition) is 0. The number of aryl methyl sites for hydroxylation is 3. The van der Waals surface area contributed by atoms with Crippen LogP contribution in [0.25, 0.3) is 10.9 Å². The number of para-hydroxylation sites is 1. The molecule has 2 aromatic carbocycles.